The molecule has 0 aromatic heterocycles. The molecule has 5 nitrogen and oxygen atoms in total. The second-order valence-corrected chi connectivity index (χ2v) is 6.19. The Morgan fingerprint density at radius 3 is 2.52 bits per heavy atom. The van der Waals surface area contributed by atoms with Crippen molar-refractivity contribution in [1.82, 2.24) is 4.90 Å². The number of nitrogens with two attached hydrogens (primary N) is 1. The number of carbonyl (C=O) groups excluding carboxylic acids is 1. The standard InChI is InChI=1S/C19H20F2N4O.HI/c20-15-7-8-16(21)17(10-15)24-19(22)23-11-13-3-5-14(6-4-13)12-25-9-1-2-18(25)26;/h3-8,10H,1-2,9,11-12H2,(H3,22,23,24);1H. The summed E-state index contributed by atoms with van der Waals surface area (Å²) in [6.45, 7) is 1.73. The van der Waals surface area contributed by atoms with E-state index in [2.05, 4.69) is 10.3 Å². The lowest BCUT2D eigenvalue weighted by atomic mass is 10.1. The highest BCUT2D eigenvalue weighted by molar-refractivity contribution is 14.0. The van der Waals surface area contributed by atoms with Gasteiger partial charge in [-0.2, -0.15) is 0 Å². The van der Waals surface area contributed by atoms with Crippen LogP contribution in [0.4, 0.5) is 14.5 Å². The van der Waals surface area contributed by atoms with Crippen molar-refractivity contribution >= 4 is 41.5 Å². The number of amides is 1. The Hall–Kier alpha value is -2.23. The number of nitrogens with zero attached hydrogens (tertiary/aromatic N) is 2. The van der Waals surface area contributed by atoms with Gasteiger partial charge in [0.15, 0.2) is 5.96 Å². The molecule has 1 saturated heterocycles. The Labute approximate surface area is 173 Å². The molecular formula is C19H21F2IN4O. The van der Waals surface area contributed by atoms with Gasteiger partial charge < -0.3 is 16.0 Å². The molecule has 27 heavy (non-hydrogen) atoms. The molecule has 2 aromatic rings. The molecule has 1 amide bonds. The molecule has 1 aliphatic rings. The molecule has 0 saturated carbocycles. The van der Waals surface area contributed by atoms with Crippen LogP contribution in [-0.2, 0) is 17.9 Å². The number of hydrogen-bond donors (Lipinski definition) is 2. The van der Waals surface area contributed by atoms with Gasteiger partial charge in [0.1, 0.15) is 11.6 Å². The van der Waals surface area contributed by atoms with Crippen LogP contribution in [0.15, 0.2) is 47.5 Å². The molecular weight excluding hydrogens is 465 g/mol. The van der Waals surface area contributed by atoms with Gasteiger partial charge in [0.05, 0.1) is 12.2 Å². The number of hydrogen-bond acceptors (Lipinski definition) is 2. The Morgan fingerprint density at radius 1 is 1.15 bits per heavy atom. The highest BCUT2D eigenvalue weighted by atomic mass is 127. The maximum atomic E-state index is 13.6. The van der Waals surface area contributed by atoms with Gasteiger partial charge >= 0.3 is 0 Å². The summed E-state index contributed by atoms with van der Waals surface area (Å²) in [6, 6.07) is 10.8. The number of carbonyl (C=O) groups is 1. The molecule has 1 heterocycles. The number of rotatable bonds is 5. The molecule has 1 aliphatic heterocycles. The maximum absolute atomic E-state index is 13.6. The molecule has 0 unspecified atom stereocenters. The number of anilines is 1. The van der Waals surface area contributed by atoms with Crippen molar-refractivity contribution in [3.63, 3.8) is 0 Å². The molecule has 0 bridgehead atoms. The van der Waals surface area contributed by atoms with E-state index in [-0.39, 0.29) is 41.5 Å². The molecule has 144 valence electrons. The Morgan fingerprint density at radius 2 is 1.85 bits per heavy atom. The fraction of sp³-hybridized carbons (Fsp3) is 0.263. The van der Waals surface area contributed by atoms with Crippen molar-refractivity contribution < 1.29 is 13.6 Å². The van der Waals surface area contributed by atoms with E-state index >= 15 is 0 Å². The van der Waals surface area contributed by atoms with Crippen molar-refractivity contribution in [2.75, 3.05) is 11.9 Å². The number of guanidine groups is 1. The van der Waals surface area contributed by atoms with Crippen LogP contribution in [0.1, 0.15) is 24.0 Å². The predicted molar refractivity (Wildman–Crippen MR) is 112 cm³/mol. The van der Waals surface area contributed by atoms with Crippen LogP contribution in [-0.4, -0.2) is 23.3 Å². The van der Waals surface area contributed by atoms with Crippen LogP contribution in [0.5, 0.6) is 0 Å². The van der Waals surface area contributed by atoms with Gasteiger partial charge in [0.2, 0.25) is 5.91 Å². The van der Waals surface area contributed by atoms with Crippen LogP contribution >= 0.6 is 24.0 Å². The summed E-state index contributed by atoms with van der Waals surface area (Å²) in [5, 5.41) is 2.55. The zero-order valence-corrected chi connectivity index (χ0v) is 17.0. The average Bonchev–Trinajstić information content (AvgIpc) is 3.02. The fourth-order valence-electron chi connectivity index (χ4n) is 2.79. The largest absolute Gasteiger partial charge is 0.370 e. The molecule has 8 heteroatoms. The van der Waals surface area contributed by atoms with E-state index in [1.807, 2.05) is 29.2 Å². The van der Waals surface area contributed by atoms with Crippen LogP contribution < -0.4 is 11.1 Å². The first-order valence-corrected chi connectivity index (χ1v) is 8.39. The lowest BCUT2D eigenvalue weighted by Gasteiger charge is -2.15. The number of halogens is 3. The van der Waals surface area contributed by atoms with E-state index in [0.29, 0.717) is 19.5 Å². The lowest BCUT2D eigenvalue weighted by Crippen LogP contribution is -2.23. The van der Waals surface area contributed by atoms with E-state index in [9.17, 15) is 13.6 Å². The first-order valence-electron chi connectivity index (χ1n) is 8.39. The number of benzene rings is 2. The van der Waals surface area contributed by atoms with Crippen molar-refractivity contribution in [1.29, 1.82) is 0 Å². The highest BCUT2D eigenvalue weighted by Crippen LogP contribution is 2.16. The second-order valence-electron chi connectivity index (χ2n) is 6.19. The third-order valence-corrected chi connectivity index (χ3v) is 4.19. The Balaban J connectivity index is 0.00000261. The van der Waals surface area contributed by atoms with Gasteiger partial charge in [0.25, 0.3) is 0 Å². The summed E-state index contributed by atoms with van der Waals surface area (Å²) < 4.78 is 26.7. The second kappa shape index (κ2) is 9.63. The number of likely N-dealkylation sites (tertiary alicyclic amines) is 1. The summed E-state index contributed by atoms with van der Waals surface area (Å²) in [6.07, 6.45) is 1.55. The minimum absolute atomic E-state index is 0. The van der Waals surface area contributed by atoms with Crippen molar-refractivity contribution in [2.24, 2.45) is 10.7 Å². The van der Waals surface area contributed by atoms with E-state index in [1.165, 1.54) is 0 Å². The Bertz CT molecular complexity index is 827. The maximum Gasteiger partial charge on any atom is 0.222 e. The predicted octanol–water partition coefficient (Wildman–Crippen LogP) is 3.63. The molecule has 0 atom stereocenters. The summed E-state index contributed by atoms with van der Waals surface area (Å²) >= 11 is 0. The van der Waals surface area contributed by atoms with Gasteiger partial charge in [-0.3, -0.25) is 4.79 Å². The van der Waals surface area contributed by atoms with Gasteiger partial charge in [-0.25, -0.2) is 13.8 Å². The average molecular weight is 486 g/mol. The SMILES string of the molecule is I.NC(=NCc1ccc(CN2CCCC2=O)cc1)Nc1cc(F)ccc1F. The number of nitrogens with one attached hydrogen (secondary N) is 1. The van der Waals surface area contributed by atoms with Crippen LogP contribution in [0.25, 0.3) is 0 Å². The smallest absolute Gasteiger partial charge is 0.222 e. The van der Waals surface area contributed by atoms with Crippen molar-refractivity contribution in [3.05, 3.63) is 65.2 Å². The molecule has 0 spiro atoms. The fourth-order valence-corrected chi connectivity index (χ4v) is 2.79. The minimum Gasteiger partial charge on any atom is -0.370 e. The topological polar surface area (TPSA) is 70.7 Å². The molecule has 3 N–H and O–H groups in total. The van der Waals surface area contributed by atoms with E-state index in [4.69, 9.17) is 5.73 Å². The molecule has 1 fully saturated rings. The zero-order valence-electron chi connectivity index (χ0n) is 14.6. The van der Waals surface area contributed by atoms with Crippen LogP contribution in [0.2, 0.25) is 0 Å². The van der Waals surface area contributed by atoms with Crippen molar-refractivity contribution in [3.8, 4) is 0 Å². The van der Waals surface area contributed by atoms with Gasteiger partial charge in [0, 0.05) is 25.6 Å². The van der Waals surface area contributed by atoms with Gasteiger partial charge in [-0.15, -0.1) is 24.0 Å². The third kappa shape index (κ3) is 5.88. The Kier molecular flexibility index (Phi) is 7.52. The summed E-state index contributed by atoms with van der Waals surface area (Å²) in [5.74, 6) is -0.970. The minimum atomic E-state index is -0.606. The zero-order chi connectivity index (χ0) is 18.5. The number of aliphatic imine (C=N–C) groups is 1. The van der Waals surface area contributed by atoms with Crippen molar-refractivity contribution in [2.45, 2.75) is 25.9 Å². The molecule has 3 rings (SSSR count). The van der Waals surface area contributed by atoms with Crippen LogP contribution in [0.3, 0.4) is 0 Å². The molecule has 0 radical (unpaired) electrons. The van der Waals surface area contributed by atoms with E-state index in [1.54, 1.807) is 0 Å². The third-order valence-electron chi connectivity index (χ3n) is 4.19. The van der Waals surface area contributed by atoms with E-state index in [0.717, 1.165) is 42.3 Å². The normalized spacial score (nSPS) is 14.2. The summed E-state index contributed by atoms with van der Waals surface area (Å²) in [7, 11) is 0. The lowest BCUT2D eigenvalue weighted by molar-refractivity contribution is -0.128. The van der Waals surface area contributed by atoms with E-state index < -0.39 is 11.6 Å². The first-order chi connectivity index (χ1) is 12.5. The summed E-state index contributed by atoms with van der Waals surface area (Å²) in [5.41, 5.74) is 7.65. The van der Waals surface area contributed by atoms with Gasteiger partial charge in [-0.05, 0) is 29.7 Å². The first kappa shape index (κ1) is 21.1. The highest BCUT2D eigenvalue weighted by Gasteiger charge is 2.19. The summed E-state index contributed by atoms with van der Waals surface area (Å²) in [4.78, 5) is 17.6. The quantitative estimate of drug-likeness (QED) is 0.386. The van der Waals surface area contributed by atoms with Gasteiger partial charge in [-0.1, -0.05) is 24.3 Å². The molecule has 2 aromatic carbocycles. The monoisotopic (exact) mass is 486 g/mol. The molecule has 0 aliphatic carbocycles. The van der Waals surface area contributed by atoms with Crippen LogP contribution in [0, 0.1) is 11.6 Å².